The zero-order chi connectivity index (χ0) is 9.68. The van der Waals surface area contributed by atoms with E-state index in [0.29, 0.717) is 5.69 Å². The van der Waals surface area contributed by atoms with Crippen molar-refractivity contribution in [1.29, 1.82) is 0 Å². The number of benzene rings is 1. The van der Waals surface area contributed by atoms with Crippen molar-refractivity contribution in [3.8, 4) is 0 Å². The van der Waals surface area contributed by atoms with Gasteiger partial charge in [0, 0.05) is 0 Å². The van der Waals surface area contributed by atoms with Crippen molar-refractivity contribution in [3.63, 3.8) is 0 Å². The molecule has 1 radical (unpaired) electrons. The molecule has 3 amide bonds. The second-order valence-electron chi connectivity index (χ2n) is 2.18. The van der Waals surface area contributed by atoms with E-state index in [-0.39, 0.29) is 0 Å². The van der Waals surface area contributed by atoms with Gasteiger partial charge in [-0.15, -0.1) is 0 Å². The first-order valence-corrected chi connectivity index (χ1v) is 3.49. The Morgan fingerprint density at radius 3 is 2.38 bits per heavy atom. The summed E-state index contributed by atoms with van der Waals surface area (Å²) in [6, 6.07) is 7.48. The second-order valence-corrected chi connectivity index (χ2v) is 2.18. The average Bonchev–Trinajstić information content (AvgIpc) is 2.04. The molecule has 1 aromatic carbocycles. The lowest BCUT2D eigenvalue weighted by Gasteiger charge is -1.99. The van der Waals surface area contributed by atoms with Crippen molar-refractivity contribution < 1.29 is 14.7 Å². The highest BCUT2D eigenvalue weighted by Crippen LogP contribution is 2.04. The minimum Gasteiger partial charge on any atom is -0.465 e. The van der Waals surface area contributed by atoms with Crippen LogP contribution in [0, 0.1) is 0 Å². The summed E-state index contributed by atoms with van der Waals surface area (Å²) in [5, 5.41) is 13.2. The van der Waals surface area contributed by atoms with Crippen molar-refractivity contribution in [2.24, 2.45) is 0 Å². The van der Waals surface area contributed by atoms with Crippen LogP contribution >= 0.6 is 0 Å². The highest BCUT2D eigenvalue weighted by molar-refractivity contribution is 5.91. The highest BCUT2D eigenvalue weighted by Gasteiger charge is 2.06. The van der Waals surface area contributed by atoms with Crippen LogP contribution in [0.1, 0.15) is 0 Å². The number of para-hydroxylation sites is 1. The maximum atomic E-state index is 10.8. The third-order valence-electron chi connectivity index (χ3n) is 1.20. The summed E-state index contributed by atoms with van der Waals surface area (Å²) in [6.07, 6.45) is -1.41. The maximum absolute atomic E-state index is 10.8. The van der Waals surface area contributed by atoms with Gasteiger partial charge >= 0.3 is 12.1 Å². The van der Waals surface area contributed by atoms with Crippen LogP contribution < -0.4 is 10.6 Å². The van der Waals surface area contributed by atoms with Crippen molar-refractivity contribution in [2.75, 3.05) is 0 Å². The standard InChI is InChI=1S/C8H7N2O3/c11-7(10-8(12)13)9-6-4-2-1-3-5-6/h1-5H,(H,10,11)(H,12,13). The molecule has 0 saturated heterocycles. The smallest absolute Gasteiger partial charge is 0.412 e. The first-order chi connectivity index (χ1) is 6.18. The number of carboxylic acid groups (broad SMARTS) is 1. The molecule has 0 aliphatic heterocycles. The summed E-state index contributed by atoms with van der Waals surface area (Å²) in [5.74, 6) is 0. The fourth-order valence-corrected chi connectivity index (χ4v) is 0.739. The number of hydrogen-bond acceptors (Lipinski definition) is 2. The molecule has 0 heterocycles. The van der Waals surface area contributed by atoms with E-state index in [9.17, 15) is 9.59 Å². The van der Waals surface area contributed by atoms with Gasteiger partial charge in [-0.1, -0.05) is 18.2 Å². The van der Waals surface area contributed by atoms with Gasteiger partial charge in [-0.3, -0.25) is 0 Å². The van der Waals surface area contributed by atoms with E-state index >= 15 is 0 Å². The van der Waals surface area contributed by atoms with Gasteiger partial charge in [-0.25, -0.2) is 14.9 Å². The van der Waals surface area contributed by atoms with Crippen LogP contribution in [0.4, 0.5) is 15.3 Å². The highest BCUT2D eigenvalue weighted by atomic mass is 16.4. The first kappa shape index (κ1) is 9.05. The Labute approximate surface area is 74.4 Å². The summed E-state index contributed by atoms with van der Waals surface area (Å²) in [6.45, 7) is 0. The fourth-order valence-electron chi connectivity index (χ4n) is 0.739. The third kappa shape index (κ3) is 3.24. The number of urea groups is 1. The Kier molecular flexibility index (Phi) is 2.86. The minimum absolute atomic E-state index is 0.418. The molecule has 1 aromatic rings. The lowest BCUT2D eigenvalue weighted by Crippen LogP contribution is -2.32. The topological polar surface area (TPSA) is 80.5 Å². The number of nitrogens with zero attached hydrogens (tertiary/aromatic N) is 1. The average molecular weight is 179 g/mol. The SMILES string of the molecule is O=C(O)NC(=O)[N]c1ccccc1. The Morgan fingerprint density at radius 1 is 1.23 bits per heavy atom. The molecule has 67 valence electrons. The molecule has 0 unspecified atom stereocenters. The van der Waals surface area contributed by atoms with Gasteiger partial charge in [-0.05, 0) is 12.1 Å². The Hall–Kier alpha value is -2.04. The lowest BCUT2D eigenvalue weighted by molar-refractivity contribution is 0.192. The molecule has 5 nitrogen and oxygen atoms in total. The number of carbonyl (C=O) groups is 2. The minimum atomic E-state index is -1.41. The number of rotatable bonds is 1. The van der Waals surface area contributed by atoms with Crippen molar-refractivity contribution in [3.05, 3.63) is 30.3 Å². The van der Waals surface area contributed by atoms with Crippen LogP contribution in [0.25, 0.3) is 0 Å². The molecule has 0 aliphatic rings. The monoisotopic (exact) mass is 179 g/mol. The van der Waals surface area contributed by atoms with E-state index in [1.54, 1.807) is 35.6 Å². The molecule has 0 bridgehead atoms. The zero-order valence-corrected chi connectivity index (χ0v) is 6.60. The molecule has 1 rings (SSSR count). The van der Waals surface area contributed by atoms with Gasteiger partial charge in [0.05, 0.1) is 5.69 Å². The Balaban J connectivity index is 2.50. The van der Waals surface area contributed by atoms with Crippen molar-refractivity contribution in [1.82, 2.24) is 10.6 Å². The van der Waals surface area contributed by atoms with Crippen LogP contribution in [0.2, 0.25) is 0 Å². The van der Waals surface area contributed by atoms with Gasteiger partial charge in [-0.2, -0.15) is 5.32 Å². The van der Waals surface area contributed by atoms with Crippen molar-refractivity contribution in [2.45, 2.75) is 0 Å². The van der Waals surface area contributed by atoms with E-state index in [2.05, 4.69) is 5.32 Å². The summed E-state index contributed by atoms with van der Waals surface area (Å²) in [4.78, 5) is 20.8. The molecule has 5 heteroatoms. The molecular weight excluding hydrogens is 172 g/mol. The van der Waals surface area contributed by atoms with E-state index < -0.39 is 12.1 Å². The van der Waals surface area contributed by atoms with E-state index in [1.807, 2.05) is 0 Å². The second kappa shape index (κ2) is 4.10. The summed E-state index contributed by atoms with van der Waals surface area (Å²) < 4.78 is 0. The molecule has 0 saturated carbocycles. The molecule has 0 atom stereocenters. The largest absolute Gasteiger partial charge is 0.465 e. The Morgan fingerprint density at radius 2 is 1.85 bits per heavy atom. The zero-order valence-electron chi connectivity index (χ0n) is 6.60. The van der Waals surface area contributed by atoms with E-state index in [4.69, 9.17) is 5.11 Å². The molecule has 0 fully saturated rings. The van der Waals surface area contributed by atoms with Crippen LogP contribution in [0.3, 0.4) is 0 Å². The molecule has 0 spiro atoms. The number of imide groups is 1. The van der Waals surface area contributed by atoms with Crippen LogP contribution in [-0.2, 0) is 0 Å². The van der Waals surface area contributed by atoms with Crippen LogP contribution in [0.15, 0.2) is 30.3 Å². The summed E-state index contributed by atoms with van der Waals surface area (Å²) in [5.41, 5.74) is 0.418. The van der Waals surface area contributed by atoms with Gasteiger partial charge < -0.3 is 5.11 Å². The molecule has 13 heavy (non-hydrogen) atoms. The van der Waals surface area contributed by atoms with E-state index in [1.165, 1.54) is 0 Å². The number of nitrogens with one attached hydrogen (secondary N) is 1. The number of carbonyl (C=O) groups excluding carboxylic acids is 1. The lowest BCUT2D eigenvalue weighted by atomic mass is 10.3. The normalized spacial score (nSPS) is 8.92. The molecule has 2 N–H and O–H groups in total. The quantitative estimate of drug-likeness (QED) is 0.681. The predicted molar refractivity (Wildman–Crippen MR) is 44.8 cm³/mol. The van der Waals surface area contributed by atoms with Gasteiger partial charge in [0.2, 0.25) is 0 Å². The molecular formula is C8H7N2O3. The number of amides is 3. The predicted octanol–water partition coefficient (Wildman–Crippen LogP) is 1.31. The Bertz CT molecular complexity index is 310. The van der Waals surface area contributed by atoms with Crippen LogP contribution in [0.5, 0.6) is 0 Å². The fraction of sp³-hybridized carbons (Fsp3) is 0. The summed E-state index contributed by atoms with van der Waals surface area (Å²) >= 11 is 0. The van der Waals surface area contributed by atoms with Gasteiger partial charge in [0.1, 0.15) is 0 Å². The van der Waals surface area contributed by atoms with Crippen molar-refractivity contribution >= 4 is 17.8 Å². The summed E-state index contributed by atoms with van der Waals surface area (Å²) in [7, 11) is 0. The number of hydrogen-bond donors (Lipinski definition) is 2. The van der Waals surface area contributed by atoms with Crippen LogP contribution in [-0.4, -0.2) is 17.2 Å². The maximum Gasteiger partial charge on any atom is 0.412 e. The molecule has 0 aromatic heterocycles. The van der Waals surface area contributed by atoms with Gasteiger partial charge in [0.15, 0.2) is 0 Å². The first-order valence-electron chi connectivity index (χ1n) is 3.49. The van der Waals surface area contributed by atoms with Gasteiger partial charge in [0.25, 0.3) is 0 Å². The molecule has 0 aliphatic carbocycles. The third-order valence-corrected chi connectivity index (χ3v) is 1.20. The van der Waals surface area contributed by atoms with E-state index in [0.717, 1.165) is 0 Å².